The van der Waals surface area contributed by atoms with Crippen LogP contribution >= 0.6 is 11.3 Å². The van der Waals surface area contributed by atoms with Gasteiger partial charge in [-0.05, 0) is 37.1 Å². The highest BCUT2D eigenvalue weighted by Crippen LogP contribution is 2.42. The molecule has 8 nitrogen and oxygen atoms in total. The maximum Gasteiger partial charge on any atom is 0.231 e. The van der Waals surface area contributed by atoms with E-state index in [4.69, 9.17) is 24.0 Å². The van der Waals surface area contributed by atoms with Gasteiger partial charge in [0, 0.05) is 19.3 Å². The molecule has 0 saturated carbocycles. The molecule has 1 atom stereocenters. The van der Waals surface area contributed by atoms with Crippen LogP contribution in [0.15, 0.2) is 24.4 Å². The largest absolute Gasteiger partial charge is 0.493 e. The number of anilines is 1. The summed E-state index contributed by atoms with van der Waals surface area (Å²) in [4.78, 5) is 5.75. The van der Waals surface area contributed by atoms with Gasteiger partial charge in [0.1, 0.15) is 5.69 Å². The van der Waals surface area contributed by atoms with Crippen LogP contribution in [0.5, 0.6) is 17.2 Å². The van der Waals surface area contributed by atoms with Crippen LogP contribution in [-0.2, 0) is 11.3 Å². The molecule has 2 aliphatic rings. The summed E-state index contributed by atoms with van der Waals surface area (Å²) in [6.07, 6.45) is 3.04. The molecule has 0 amide bonds. The van der Waals surface area contributed by atoms with Crippen molar-refractivity contribution >= 4 is 16.5 Å². The average molecular weight is 414 g/mol. The summed E-state index contributed by atoms with van der Waals surface area (Å²) >= 11 is 1.61. The van der Waals surface area contributed by atoms with Crippen LogP contribution in [0.3, 0.4) is 0 Å². The van der Waals surface area contributed by atoms with Crippen molar-refractivity contribution in [1.82, 2.24) is 14.8 Å². The third-order valence-corrected chi connectivity index (χ3v) is 6.22. The zero-order valence-electron chi connectivity index (χ0n) is 16.3. The SMILES string of the molecule is COc1cc(CNc2nc(C)c(-c3ccn(C4CCOC4)n3)s2)cc2c1OCO2. The number of rotatable bonds is 6. The second-order valence-corrected chi connectivity index (χ2v) is 8.02. The quantitative estimate of drug-likeness (QED) is 0.660. The Morgan fingerprint density at radius 1 is 1.34 bits per heavy atom. The molecule has 1 aromatic carbocycles. The van der Waals surface area contributed by atoms with Crippen molar-refractivity contribution < 1.29 is 18.9 Å². The Balaban J connectivity index is 1.31. The van der Waals surface area contributed by atoms with E-state index in [1.54, 1.807) is 18.4 Å². The highest BCUT2D eigenvalue weighted by Gasteiger charge is 2.21. The molecule has 0 aliphatic carbocycles. The standard InChI is InChI=1S/C20H22N4O4S/c1-12-19(15-3-5-24(23-15)14-4-6-26-10-14)29-20(22-12)21-9-13-7-16(25-2)18-17(8-13)27-11-28-18/h3,5,7-8,14H,4,6,9-11H2,1-2H3,(H,21,22). The Hall–Kier alpha value is -2.78. The molecule has 29 heavy (non-hydrogen) atoms. The number of methoxy groups -OCH3 is 1. The van der Waals surface area contributed by atoms with Gasteiger partial charge in [-0.1, -0.05) is 11.3 Å². The topological polar surface area (TPSA) is 79.7 Å². The lowest BCUT2D eigenvalue weighted by molar-refractivity contribution is 0.171. The molecule has 1 saturated heterocycles. The molecule has 1 fully saturated rings. The first-order valence-corrected chi connectivity index (χ1v) is 10.3. The van der Waals surface area contributed by atoms with E-state index in [2.05, 4.69) is 10.3 Å². The molecular formula is C20H22N4O4S. The lowest BCUT2D eigenvalue weighted by Crippen LogP contribution is -2.08. The number of thiazole rings is 1. The minimum atomic E-state index is 0.219. The summed E-state index contributed by atoms with van der Waals surface area (Å²) in [6.45, 7) is 4.37. The van der Waals surface area contributed by atoms with Gasteiger partial charge in [-0.3, -0.25) is 4.68 Å². The van der Waals surface area contributed by atoms with Crippen LogP contribution in [0.4, 0.5) is 5.13 Å². The molecule has 0 bridgehead atoms. The maximum absolute atomic E-state index is 5.50. The molecule has 4 heterocycles. The van der Waals surface area contributed by atoms with Gasteiger partial charge in [0.05, 0.1) is 30.3 Å². The molecule has 0 spiro atoms. The van der Waals surface area contributed by atoms with Crippen LogP contribution < -0.4 is 19.5 Å². The monoisotopic (exact) mass is 414 g/mol. The number of hydrogen-bond donors (Lipinski definition) is 1. The van der Waals surface area contributed by atoms with E-state index in [-0.39, 0.29) is 6.79 Å². The van der Waals surface area contributed by atoms with Crippen LogP contribution in [0.25, 0.3) is 10.6 Å². The molecule has 152 valence electrons. The van der Waals surface area contributed by atoms with Crippen LogP contribution in [-0.4, -0.2) is 41.9 Å². The number of nitrogens with one attached hydrogen (secondary N) is 1. The molecule has 1 unspecified atom stereocenters. The molecule has 0 radical (unpaired) electrons. The summed E-state index contributed by atoms with van der Waals surface area (Å²) in [5, 5.41) is 9.00. The van der Waals surface area contributed by atoms with Crippen molar-refractivity contribution in [3.63, 3.8) is 0 Å². The number of aryl methyl sites for hydroxylation is 1. The summed E-state index contributed by atoms with van der Waals surface area (Å²) < 4.78 is 23.8. The Morgan fingerprint density at radius 2 is 2.28 bits per heavy atom. The number of aromatic nitrogens is 3. The minimum absolute atomic E-state index is 0.219. The van der Waals surface area contributed by atoms with Crippen LogP contribution in [0.2, 0.25) is 0 Å². The zero-order valence-corrected chi connectivity index (χ0v) is 17.1. The summed E-state index contributed by atoms with van der Waals surface area (Å²) in [6, 6.07) is 6.29. The fourth-order valence-electron chi connectivity index (χ4n) is 3.57. The van der Waals surface area contributed by atoms with E-state index in [1.807, 2.05) is 36.0 Å². The number of fused-ring (bicyclic) bond motifs is 1. The predicted octanol–water partition coefficient (Wildman–Crippen LogP) is 3.63. The van der Waals surface area contributed by atoms with E-state index in [1.165, 1.54) is 0 Å². The number of ether oxygens (including phenoxy) is 4. The number of hydrogen-bond acceptors (Lipinski definition) is 8. The van der Waals surface area contributed by atoms with Crippen LogP contribution in [0.1, 0.15) is 23.7 Å². The summed E-state index contributed by atoms with van der Waals surface area (Å²) in [5.41, 5.74) is 2.95. The second kappa shape index (κ2) is 7.57. The van der Waals surface area contributed by atoms with Gasteiger partial charge in [-0.25, -0.2) is 4.98 Å². The minimum Gasteiger partial charge on any atom is -0.493 e. The number of nitrogens with zero attached hydrogens (tertiary/aromatic N) is 3. The highest BCUT2D eigenvalue weighted by atomic mass is 32.1. The van der Waals surface area contributed by atoms with Crippen molar-refractivity contribution in [1.29, 1.82) is 0 Å². The van der Waals surface area contributed by atoms with Gasteiger partial charge < -0.3 is 24.3 Å². The molecule has 9 heteroatoms. The first-order chi connectivity index (χ1) is 14.2. The number of benzene rings is 1. The Morgan fingerprint density at radius 3 is 3.10 bits per heavy atom. The van der Waals surface area contributed by atoms with Gasteiger partial charge in [0.2, 0.25) is 12.5 Å². The predicted molar refractivity (Wildman–Crippen MR) is 109 cm³/mol. The van der Waals surface area contributed by atoms with Crippen molar-refractivity contribution in [3.05, 3.63) is 35.7 Å². The normalized spacial score (nSPS) is 17.7. The van der Waals surface area contributed by atoms with Gasteiger partial charge >= 0.3 is 0 Å². The zero-order chi connectivity index (χ0) is 19.8. The van der Waals surface area contributed by atoms with E-state index in [0.29, 0.717) is 29.8 Å². The van der Waals surface area contributed by atoms with Crippen molar-refractivity contribution in [2.45, 2.75) is 25.9 Å². The molecule has 3 aromatic rings. The highest BCUT2D eigenvalue weighted by molar-refractivity contribution is 7.19. The van der Waals surface area contributed by atoms with E-state index in [0.717, 1.165) is 46.6 Å². The van der Waals surface area contributed by atoms with Gasteiger partial charge in [-0.2, -0.15) is 5.10 Å². The molecule has 5 rings (SSSR count). The van der Waals surface area contributed by atoms with Crippen LogP contribution in [0, 0.1) is 6.92 Å². The molecular weight excluding hydrogens is 392 g/mol. The van der Waals surface area contributed by atoms with E-state index in [9.17, 15) is 0 Å². The van der Waals surface area contributed by atoms with E-state index < -0.39 is 0 Å². The van der Waals surface area contributed by atoms with Crippen molar-refractivity contribution in [2.24, 2.45) is 0 Å². The van der Waals surface area contributed by atoms with Gasteiger partial charge in [0.15, 0.2) is 16.6 Å². The summed E-state index contributed by atoms with van der Waals surface area (Å²) in [7, 11) is 1.63. The summed E-state index contributed by atoms with van der Waals surface area (Å²) in [5.74, 6) is 2.04. The lowest BCUT2D eigenvalue weighted by Gasteiger charge is -2.08. The van der Waals surface area contributed by atoms with E-state index >= 15 is 0 Å². The average Bonchev–Trinajstić information content (AvgIpc) is 3.51. The van der Waals surface area contributed by atoms with Gasteiger partial charge in [0.25, 0.3) is 0 Å². The molecule has 2 aliphatic heterocycles. The Kier molecular flexibility index (Phi) is 4.76. The van der Waals surface area contributed by atoms with Crippen molar-refractivity contribution in [3.8, 4) is 27.8 Å². The second-order valence-electron chi connectivity index (χ2n) is 7.02. The molecule has 1 N–H and O–H groups in total. The third kappa shape index (κ3) is 3.51. The smallest absolute Gasteiger partial charge is 0.231 e. The Labute approximate surface area is 172 Å². The first kappa shape index (κ1) is 18.3. The lowest BCUT2D eigenvalue weighted by atomic mass is 10.2. The fourth-order valence-corrected chi connectivity index (χ4v) is 4.49. The third-order valence-electron chi connectivity index (χ3n) is 5.08. The first-order valence-electron chi connectivity index (χ1n) is 9.52. The van der Waals surface area contributed by atoms with Crippen molar-refractivity contribution in [2.75, 3.05) is 32.4 Å². The maximum atomic E-state index is 5.50. The molecule has 2 aromatic heterocycles. The Bertz CT molecular complexity index is 1030. The van der Waals surface area contributed by atoms with Gasteiger partial charge in [-0.15, -0.1) is 0 Å². The fraction of sp³-hybridized carbons (Fsp3) is 0.400.